The van der Waals surface area contributed by atoms with E-state index in [9.17, 15) is 13.2 Å². The molecule has 1 saturated heterocycles. The van der Waals surface area contributed by atoms with E-state index in [-0.39, 0.29) is 28.9 Å². The molecule has 0 aliphatic carbocycles. The van der Waals surface area contributed by atoms with Crippen LogP contribution in [0.1, 0.15) is 18.4 Å². The average molecular weight is 423 g/mol. The molecule has 0 bridgehead atoms. The van der Waals surface area contributed by atoms with Gasteiger partial charge in [-0.15, -0.1) is 0 Å². The van der Waals surface area contributed by atoms with Gasteiger partial charge in [0.05, 0.1) is 23.6 Å². The van der Waals surface area contributed by atoms with Gasteiger partial charge in [0.2, 0.25) is 15.9 Å². The Kier molecular flexibility index (Phi) is 6.59. The maximum absolute atomic E-state index is 13.3. The van der Waals surface area contributed by atoms with Gasteiger partial charge in [0, 0.05) is 19.6 Å². The fraction of sp³-hybridized carbons (Fsp3) is 0.350. The first-order valence-electron chi connectivity index (χ1n) is 9.07. The molecular weight excluding hydrogens is 400 g/mol. The Morgan fingerprint density at radius 1 is 1.14 bits per heavy atom. The summed E-state index contributed by atoms with van der Waals surface area (Å²) >= 11 is 6.13. The van der Waals surface area contributed by atoms with Gasteiger partial charge in [-0.25, -0.2) is 8.42 Å². The number of ether oxygens (including phenoxy) is 1. The van der Waals surface area contributed by atoms with Crippen molar-refractivity contribution in [3.05, 3.63) is 59.1 Å². The Bertz CT molecular complexity index is 928. The minimum absolute atomic E-state index is 0.0310. The Labute approximate surface area is 170 Å². The summed E-state index contributed by atoms with van der Waals surface area (Å²) in [5.41, 5.74) is 0.805. The fourth-order valence-electron chi connectivity index (χ4n) is 3.19. The molecule has 1 fully saturated rings. The number of likely N-dealkylation sites (tertiary alicyclic amines) is 1. The van der Waals surface area contributed by atoms with Gasteiger partial charge in [0.15, 0.2) is 0 Å². The van der Waals surface area contributed by atoms with Crippen LogP contribution in [0.25, 0.3) is 0 Å². The van der Waals surface area contributed by atoms with Gasteiger partial charge in [-0.1, -0.05) is 41.9 Å². The second kappa shape index (κ2) is 8.94. The molecule has 0 spiro atoms. The molecule has 1 amide bonds. The lowest BCUT2D eigenvalue weighted by Gasteiger charge is -2.25. The summed E-state index contributed by atoms with van der Waals surface area (Å²) in [5, 5.41) is 0.203. The first-order chi connectivity index (χ1) is 13.4. The highest BCUT2D eigenvalue weighted by Crippen LogP contribution is 2.29. The van der Waals surface area contributed by atoms with Gasteiger partial charge < -0.3 is 9.64 Å². The van der Waals surface area contributed by atoms with E-state index in [1.54, 1.807) is 4.90 Å². The second-order valence-electron chi connectivity index (χ2n) is 6.64. The van der Waals surface area contributed by atoms with Gasteiger partial charge in [-0.05, 0) is 36.6 Å². The van der Waals surface area contributed by atoms with E-state index in [4.69, 9.17) is 16.3 Å². The normalized spacial score (nSPS) is 14.5. The molecule has 1 aliphatic heterocycles. The van der Waals surface area contributed by atoms with Crippen molar-refractivity contribution in [1.29, 1.82) is 0 Å². The van der Waals surface area contributed by atoms with E-state index in [1.165, 1.54) is 29.6 Å². The third-order valence-electron chi connectivity index (χ3n) is 4.73. The number of methoxy groups -OCH3 is 1. The maximum Gasteiger partial charge on any atom is 0.243 e. The highest BCUT2D eigenvalue weighted by Gasteiger charge is 2.30. The molecule has 0 N–H and O–H groups in total. The number of amides is 1. The zero-order chi connectivity index (χ0) is 20.1. The molecule has 8 heteroatoms. The molecule has 2 aromatic carbocycles. The number of sulfonamides is 1. The van der Waals surface area contributed by atoms with Crippen LogP contribution >= 0.6 is 11.6 Å². The van der Waals surface area contributed by atoms with E-state index in [0.29, 0.717) is 18.8 Å². The van der Waals surface area contributed by atoms with Crippen LogP contribution in [-0.4, -0.2) is 50.3 Å². The summed E-state index contributed by atoms with van der Waals surface area (Å²) < 4.78 is 32.9. The number of hydrogen-bond acceptors (Lipinski definition) is 4. The van der Waals surface area contributed by atoms with Gasteiger partial charge in [0.25, 0.3) is 0 Å². The van der Waals surface area contributed by atoms with Crippen molar-refractivity contribution >= 4 is 27.5 Å². The third-order valence-corrected chi connectivity index (χ3v) is 6.82. The molecule has 6 nitrogen and oxygen atoms in total. The monoisotopic (exact) mass is 422 g/mol. The molecule has 0 radical (unpaired) electrons. The SMILES string of the molecule is COc1ccc(S(=O)(=O)N(CC(=O)N2CCCC2)Cc2ccccc2)cc1Cl. The predicted molar refractivity (Wildman–Crippen MR) is 108 cm³/mol. The lowest BCUT2D eigenvalue weighted by atomic mass is 10.2. The Morgan fingerprint density at radius 3 is 2.43 bits per heavy atom. The number of carbonyl (C=O) groups is 1. The number of halogens is 1. The largest absolute Gasteiger partial charge is 0.495 e. The average Bonchev–Trinajstić information content (AvgIpc) is 3.23. The minimum atomic E-state index is -3.93. The van der Waals surface area contributed by atoms with Crippen LogP contribution in [0.4, 0.5) is 0 Å². The number of rotatable bonds is 7. The molecule has 2 aromatic rings. The molecular formula is C20H23ClN2O4S. The van der Waals surface area contributed by atoms with Crippen molar-refractivity contribution in [3.63, 3.8) is 0 Å². The van der Waals surface area contributed by atoms with Crippen LogP contribution in [0.2, 0.25) is 5.02 Å². The van der Waals surface area contributed by atoms with Crippen molar-refractivity contribution in [2.45, 2.75) is 24.3 Å². The zero-order valence-corrected chi connectivity index (χ0v) is 17.2. The second-order valence-corrected chi connectivity index (χ2v) is 8.99. The summed E-state index contributed by atoms with van der Waals surface area (Å²) in [4.78, 5) is 14.4. The molecule has 3 rings (SSSR count). The maximum atomic E-state index is 13.3. The standard InChI is InChI=1S/C20H23ClN2O4S/c1-27-19-10-9-17(13-18(19)21)28(25,26)23(14-16-7-3-2-4-8-16)15-20(24)22-11-5-6-12-22/h2-4,7-10,13H,5-6,11-12,14-15H2,1H3. The van der Waals surface area contributed by atoms with Crippen molar-refractivity contribution < 1.29 is 17.9 Å². The minimum Gasteiger partial charge on any atom is -0.495 e. The zero-order valence-electron chi connectivity index (χ0n) is 15.7. The Balaban J connectivity index is 1.91. The highest BCUT2D eigenvalue weighted by molar-refractivity contribution is 7.89. The molecule has 1 heterocycles. The van der Waals surface area contributed by atoms with Gasteiger partial charge >= 0.3 is 0 Å². The first-order valence-corrected chi connectivity index (χ1v) is 10.9. The van der Waals surface area contributed by atoms with Crippen molar-refractivity contribution in [2.24, 2.45) is 0 Å². The number of hydrogen-bond donors (Lipinski definition) is 0. The third kappa shape index (κ3) is 4.66. The van der Waals surface area contributed by atoms with Crippen LogP contribution in [0, 0.1) is 0 Å². The molecule has 0 atom stereocenters. The summed E-state index contributed by atoms with van der Waals surface area (Å²) in [6.45, 7) is 1.24. The van der Waals surface area contributed by atoms with Crippen LogP contribution < -0.4 is 4.74 Å². The fourth-order valence-corrected chi connectivity index (χ4v) is 4.91. The molecule has 0 saturated carbocycles. The van der Waals surface area contributed by atoms with Crippen LogP contribution in [0.3, 0.4) is 0 Å². The van der Waals surface area contributed by atoms with E-state index in [2.05, 4.69) is 0 Å². The summed E-state index contributed by atoms with van der Waals surface area (Å²) in [6, 6.07) is 13.5. The van der Waals surface area contributed by atoms with Gasteiger partial charge in [-0.3, -0.25) is 4.79 Å². The van der Waals surface area contributed by atoms with E-state index in [0.717, 1.165) is 18.4 Å². The number of carbonyl (C=O) groups excluding carboxylic acids is 1. The van der Waals surface area contributed by atoms with Crippen LogP contribution in [0.15, 0.2) is 53.4 Å². The highest BCUT2D eigenvalue weighted by atomic mass is 35.5. The molecule has 28 heavy (non-hydrogen) atoms. The van der Waals surface area contributed by atoms with Crippen molar-refractivity contribution in [2.75, 3.05) is 26.7 Å². The summed E-state index contributed by atoms with van der Waals surface area (Å²) in [7, 11) is -2.46. The smallest absolute Gasteiger partial charge is 0.243 e. The predicted octanol–water partition coefficient (Wildman–Crippen LogP) is 3.16. The molecule has 0 aromatic heterocycles. The van der Waals surface area contributed by atoms with E-state index < -0.39 is 10.0 Å². The van der Waals surface area contributed by atoms with Crippen molar-refractivity contribution in [1.82, 2.24) is 9.21 Å². The Morgan fingerprint density at radius 2 is 1.82 bits per heavy atom. The lowest BCUT2D eigenvalue weighted by molar-refractivity contribution is -0.130. The molecule has 150 valence electrons. The topological polar surface area (TPSA) is 66.9 Å². The van der Waals surface area contributed by atoms with E-state index >= 15 is 0 Å². The summed E-state index contributed by atoms with van der Waals surface area (Å²) in [6.07, 6.45) is 1.90. The first kappa shape index (κ1) is 20.6. The summed E-state index contributed by atoms with van der Waals surface area (Å²) in [5.74, 6) is 0.208. The Hall–Kier alpha value is -2.09. The molecule has 0 unspecified atom stereocenters. The number of benzene rings is 2. The number of nitrogens with zero attached hydrogens (tertiary/aromatic N) is 2. The van der Waals surface area contributed by atoms with Gasteiger partial charge in [0.1, 0.15) is 5.75 Å². The van der Waals surface area contributed by atoms with Crippen LogP contribution in [0.5, 0.6) is 5.75 Å². The lowest BCUT2D eigenvalue weighted by Crippen LogP contribution is -2.41. The van der Waals surface area contributed by atoms with E-state index in [1.807, 2.05) is 30.3 Å². The van der Waals surface area contributed by atoms with Gasteiger partial charge in [-0.2, -0.15) is 4.31 Å². The van der Waals surface area contributed by atoms with Crippen LogP contribution in [-0.2, 0) is 21.4 Å². The quantitative estimate of drug-likeness (QED) is 0.687. The molecule has 1 aliphatic rings. The van der Waals surface area contributed by atoms with Crippen molar-refractivity contribution in [3.8, 4) is 5.75 Å².